The molecule has 1 nitrogen and oxygen atoms in total. The van der Waals surface area contributed by atoms with Gasteiger partial charge < -0.3 is 0 Å². The van der Waals surface area contributed by atoms with E-state index < -0.39 is 0 Å². The number of benzene rings is 1. The summed E-state index contributed by atoms with van der Waals surface area (Å²) in [6, 6.07) is 7.05. The maximum Gasteiger partial charge on any atom is 0.127 e. The van der Waals surface area contributed by atoms with Gasteiger partial charge in [-0.15, -0.1) is 0 Å². The minimum atomic E-state index is -0.353. The Labute approximate surface area is 99.8 Å². The fourth-order valence-corrected chi connectivity index (χ4v) is 2.57. The highest BCUT2D eigenvalue weighted by atomic mass is 35.5. The van der Waals surface area contributed by atoms with E-state index in [0.29, 0.717) is 17.0 Å². The summed E-state index contributed by atoms with van der Waals surface area (Å²) in [4.78, 5) is 0. The highest BCUT2D eigenvalue weighted by Gasteiger charge is 2.34. The summed E-state index contributed by atoms with van der Waals surface area (Å²) in [5.74, 6) is -0.297. The molecule has 0 radical (unpaired) electrons. The third kappa shape index (κ3) is 2.20. The summed E-state index contributed by atoms with van der Waals surface area (Å²) >= 11 is 5.70. The number of nitriles is 1. The van der Waals surface area contributed by atoms with Crippen LogP contribution in [-0.4, -0.2) is 0 Å². The molecule has 84 valence electrons. The molecule has 1 aromatic carbocycles. The van der Waals surface area contributed by atoms with Gasteiger partial charge in [-0.25, -0.2) is 4.39 Å². The molecule has 0 bridgehead atoms. The van der Waals surface area contributed by atoms with Crippen LogP contribution in [0, 0.1) is 22.6 Å². The topological polar surface area (TPSA) is 23.8 Å². The molecule has 16 heavy (non-hydrogen) atoms. The number of hydrogen-bond acceptors (Lipinski definition) is 1. The molecule has 0 amide bonds. The van der Waals surface area contributed by atoms with E-state index in [-0.39, 0.29) is 11.2 Å². The summed E-state index contributed by atoms with van der Waals surface area (Å²) < 4.78 is 13.6. The molecule has 0 atom stereocenters. The first-order valence-corrected chi connectivity index (χ1v) is 5.88. The van der Waals surface area contributed by atoms with E-state index in [4.69, 9.17) is 11.6 Å². The number of nitrogens with zero attached hydrogens (tertiary/aromatic N) is 1. The largest absolute Gasteiger partial charge is 0.207 e. The van der Waals surface area contributed by atoms with E-state index >= 15 is 0 Å². The van der Waals surface area contributed by atoms with Crippen LogP contribution < -0.4 is 0 Å². The van der Waals surface area contributed by atoms with Gasteiger partial charge in [0.15, 0.2) is 0 Å². The van der Waals surface area contributed by atoms with Crippen molar-refractivity contribution in [2.24, 2.45) is 5.41 Å². The zero-order valence-electron chi connectivity index (χ0n) is 8.97. The van der Waals surface area contributed by atoms with Gasteiger partial charge in [0.25, 0.3) is 0 Å². The van der Waals surface area contributed by atoms with Crippen molar-refractivity contribution in [3.8, 4) is 6.07 Å². The van der Waals surface area contributed by atoms with Gasteiger partial charge >= 0.3 is 0 Å². The Bertz CT molecular complexity index is 430. The van der Waals surface area contributed by atoms with Crippen molar-refractivity contribution >= 4 is 11.6 Å². The van der Waals surface area contributed by atoms with Crippen molar-refractivity contribution in [2.75, 3.05) is 0 Å². The van der Waals surface area contributed by atoms with Gasteiger partial charge in [0.2, 0.25) is 0 Å². The molecule has 3 heteroatoms. The van der Waals surface area contributed by atoms with E-state index in [0.717, 1.165) is 25.7 Å². The van der Waals surface area contributed by atoms with Crippen LogP contribution in [0.4, 0.5) is 4.39 Å². The van der Waals surface area contributed by atoms with Crippen LogP contribution in [0.3, 0.4) is 0 Å². The Morgan fingerprint density at radius 1 is 1.38 bits per heavy atom. The van der Waals surface area contributed by atoms with Gasteiger partial charge in [0, 0.05) is 5.02 Å². The lowest BCUT2D eigenvalue weighted by Crippen LogP contribution is -2.17. The Balaban J connectivity index is 2.23. The van der Waals surface area contributed by atoms with Crippen molar-refractivity contribution in [3.63, 3.8) is 0 Å². The van der Waals surface area contributed by atoms with E-state index in [1.807, 2.05) is 0 Å². The highest BCUT2D eigenvalue weighted by molar-refractivity contribution is 6.30. The van der Waals surface area contributed by atoms with Gasteiger partial charge in [-0.3, -0.25) is 0 Å². The standard InChI is InChI=1S/C13H13ClFN/c14-11-4-3-10(12(15)7-11)8-13(9-16)5-1-2-6-13/h3-4,7H,1-2,5-6,8H2. The molecule has 1 saturated carbocycles. The van der Waals surface area contributed by atoms with Crippen molar-refractivity contribution in [1.29, 1.82) is 5.26 Å². The highest BCUT2D eigenvalue weighted by Crippen LogP contribution is 2.40. The van der Waals surface area contributed by atoms with Gasteiger partial charge in [0.05, 0.1) is 11.5 Å². The maximum atomic E-state index is 13.6. The van der Waals surface area contributed by atoms with Crippen molar-refractivity contribution in [3.05, 3.63) is 34.6 Å². The van der Waals surface area contributed by atoms with E-state index in [1.165, 1.54) is 6.07 Å². The molecule has 0 aliphatic heterocycles. The predicted molar refractivity (Wildman–Crippen MR) is 61.6 cm³/mol. The fraction of sp³-hybridized carbons (Fsp3) is 0.462. The average Bonchev–Trinajstić information content (AvgIpc) is 2.72. The van der Waals surface area contributed by atoms with Crippen LogP contribution in [0.2, 0.25) is 5.02 Å². The summed E-state index contributed by atoms with van der Waals surface area (Å²) in [5, 5.41) is 9.63. The van der Waals surface area contributed by atoms with E-state index in [9.17, 15) is 9.65 Å². The minimum Gasteiger partial charge on any atom is -0.207 e. The summed E-state index contributed by atoms with van der Waals surface area (Å²) in [5.41, 5.74) is 0.252. The molecule has 0 heterocycles. The smallest absolute Gasteiger partial charge is 0.127 e. The number of hydrogen-bond donors (Lipinski definition) is 0. The lowest BCUT2D eigenvalue weighted by Gasteiger charge is -2.20. The third-order valence-electron chi connectivity index (χ3n) is 3.34. The zero-order valence-corrected chi connectivity index (χ0v) is 9.73. The monoisotopic (exact) mass is 237 g/mol. The predicted octanol–water partition coefficient (Wildman–Crippen LogP) is 4.11. The van der Waals surface area contributed by atoms with Gasteiger partial charge in [-0.05, 0) is 37.0 Å². The van der Waals surface area contributed by atoms with E-state index in [2.05, 4.69) is 6.07 Å². The Morgan fingerprint density at radius 3 is 2.62 bits per heavy atom. The fourth-order valence-electron chi connectivity index (χ4n) is 2.41. The average molecular weight is 238 g/mol. The van der Waals surface area contributed by atoms with Gasteiger partial charge in [-0.2, -0.15) is 5.26 Å². The van der Waals surface area contributed by atoms with Crippen molar-refractivity contribution < 1.29 is 4.39 Å². The molecule has 1 aliphatic rings. The Kier molecular flexibility index (Phi) is 3.16. The molecule has 1 fully saturated rings. The van der Waals surface area contributed by atoms with Crippen LogP contribution in [0.1, 0.15) is 31.2 Å². The Hall–Kier alpha value is -1.07. The van der Waals surface area contributed by atoms with Crippen LogP contribution >= 0.6 is 11.6 Å². The molecular formula is C13H13ClFN. The number of halogens is 2. The normalized spacial score (nSPS) is 18.3. The SMILES string of the molecule is N#CC1(Cc2ccc(Cl)cc2F)CCCC1. The van der Waals surface area contributed by atoms with Gasteiger partial charge in [-0.1, -0.05) is 30.5 Å². The quantitative estimate of drug-likeness (QED) is 0.760. The molecule has 0 unspecified atom stereocenters. The first-order chi connectivity index (χ1) is 7.65. The van der Waals surface area contributed by atoms with Crippen LogP contribution in [0.25, 0.3) is 0 Å². The summed E-state index contributed by atoms with van der Waals surface area (Å²) in [6.45, 7) is 0. The second kappa shape index (κ2) is 4.43. The molecule has 2 rings (SSSR count). The number of rotatable bonds is 2. The van der Waals surface area contributed by atoms with E-state index in [1.54, 1.807) is 12.1 Å². The third-order valence-corrected chi connectivity index (χ3v) is 3.58. The van der Waals surface area contributed by atoms with Crippen LogP contribution in [-0.2, 0) is 6.42 Å². The lowest BCUT2D eigenvalue weighted by molar-refractivity contribution is 0.399. The first kappa shape index (κ1) is 11.4. The molecule has 0 spiro atoms. The molecule has 0 saturated heterocycles. The minimum absolute atomic E-state index is 0.297. The second-order valence-corrected chi connectivity index (χ2v) is 4.95. The summed E-state index contributed by atoms with van der Waals surface area (Å²) in [7, 11) is 0. The van der Waals surface area contributed by atoms with Crippen LogP contribution in [0.15, 0.2) is 18.2 Å². The zero-order chi connectivity index (χ0) is 11.6. The van der Waals surface area contributed by atoms with Crippen molar-refractivity contribution in [1.82, 2.24) is 0 Å². The molecule has 0 N–H and O–H groups in total. The van der Waals surface area contributed by atoms with Crippen LogP contribution in [0.5, 0.6) is 0 Å². The van der Waals surface area contributed by atoms with Gasteiger partial charge in [0.1, 0.15) is 5.82 Å². The Morgan fingerprint density at radius 2 is 2.06 bits per heavy atom. The molecular weight excluding hydrogens is 225 g/mol. The maximum absolute atomic E-state index is 13.6. The van der Waals surface area contributed by atoms with Crippen molar-refractivity contribution in [2.45, 2.75) is 32.1 Å². The lowest BCUT2D eigenvalue weighted by atomic mass is 9.81. The first-order valence-electron chi connectivity index (χ1n) is 5.50. The second-order valence-electron chi connectivity index (χ2n) is 4.51. The molecule has 1 aliphatic carbocycles. The molecule has 0 aromatic heterocycles. The summed E-state index contributed by atoms with van der Waals surface area (Å²) in [6.07, 6.45) is 4.41. The molecule has 1 aromatic rings.